The summed E-state index contributed by atoms with van der Waals surface area (Å²) in [6.07, 6.45) is 4.20. The second-order valence-corrected chi connectivity index (χ2v) is 9.31. The van der Waals surface area contributed by atoms with Crippen molar-refractivity contribution in [1.29, 1.82) is 0 Å². The minimum atomic E-state index is -0.0216. The van der Waals surface area contributed by atoms with Crippen molar-refractivity contribution in [3.8, 4) is 11.6 Å². The number of hydrogen-bond donors (Lipinski definition) is 1. The van der Waals surface area contributed by atoms with Gasteiger partial charge in [-0.25, -0.2) is 0 Å². The maximum Gasteiger partial charge on any atom is 0.230 e. The Balaban J connectivity index is 1.23. The maximum absolute atomic E-state index is 12.4. The highest BCUT2D eigenvalue weighted by Gasteiger charge is 2.17. The van der Waals surface area contributed by atoms with E-state index >= 15 is 0 Å². The van der Waals surface area contributed by atoms with E-state index in [1.165, 1.54) is 43.3 Å². The standard InChI is InChI=1S/C24H31N5O2S/c1-3-29-23(21-5-4-14-31-21)26-27-24(29)32-17-22(30)25-15-19-6-8-20(9-7-19)16-28-12-10-18(2)11-13-28/h4-9,14,18H,3,10-13,15-17H2,1-2H3,(H,25,30). The average Bonchev–Trinajstić information content (AvgIpc) is 3.48. The number of piperidine rings is 1. The van der Waals surface area contributed by atoms with Crippen molar-refractivity contribution in [3.63, 3.8) is 0 Å². The number of benzene rings is 1. The van der Waals surface area contributed by atoms with Crippen molar-refractivity contribution in [2.75, 3.05) is 18.8 Å². The molecule has 2 aromatic heterocycles. The van der Waals surface area contributed by atoms with Crippen LogP contribution < -0.4 is 5.32 Å². The topological polar surface area (TPSA) is 76.2 Å². The number of thioether (sulfide) groups is 1. The molecular formula is C24H31N5O2S. The molecule has 0 radical (unpaired) electrons. The van der Waals surface area contributed by atoms with Gasteiger partial charge in [-0.05, 0) is 62.0 Å². The molecule has 3 aromatic rings. The van der Waals surface area contributed by atoms with Crippen molar-refractivity contribution in [2.24, 2.45) is 5.92 Å². The smallest absolute Gasteiger partial charge is 0.230 e. The number of furan rings is 1. The lowest BCUT2D eigenvalue weighted by Gasteiger charge is -2.30. The summed E-state index contributed by atoms with van der Waals surface area (Å²) in [5.41, 5.74) is 2.44. The van der Waals surface area contributed by atoms with Gasteiger partial charge in [0.25, 0.3) is 0 Å². The number of nitrogens with one attached hydrogen (secondary N) is 1. The minimum absolute atomic E-state index is 0.0216. The van der Waals surface area contributed by atoms with Gasteiger partial charge in [0.1, 0.15) is 0 Å². The van der Waals surface area contributed by atoms with Gasteiger partial charge in [0.05, 0.1) is 12.0 Å². The van der Waals surface area contributed by atoms with E-state index in [0.717, 1.165) is 18.0 Å². The van der Waals surface area contributed by atoms with Crippen LogP contribution in [0.5, 0.6) is 0 Å². The van der Waals surface area contributed by atoms with E-state index in [1.807, 2.05) is 23.6 Å². The van der Waals surface area contributed by atoms with Gasteiger partial charge in [-0.1, -0.05) is 43.0 Å². The molecule has 1 fully saturated rings. The van der Waals surface area contributed by atoms with Crippen molar-refractivity contribution in [3.05, 3.63) is 53.8 Å². The lowest BCUT2D eigenvalue weighted by Crippen LogP contribution is -2.32. The van der Waals surface area contributed by atoms with Gasteiger partial charge in [0, 0.05) is 19.6 Å². The molecular weight excluding hydrogens is 422 g/mol. The Kier molecular flexibility index (Phi) is 7.65. The SMILES string of the molecule is CCn1c(SCC(=O)NCc2ccc(CN3CCC(C)CC3)cc2)nnc1-c1ccco1. The van der Waals surface area contributed by atoms with E-state index in [4.69, 9.17) is 4.42 Å². The Morgan fingerprint density at radius 2 is 1.91 bits per heavy atom. The predicted molar refractivity (Wildman–Crippen MR) is 126 cm³/mol. The van der Waals surface area contributed by atoms with Gasteiger partial charge < -0.3 is 9.73 Å². The molecule has 7 nitrogen and oxygen atoms in total. The normalized spacial score (nSPS) is 15.2. The van der Waals surface area contributed by atoms with Crippen LogP contribution in [0.2, 0.25) is 0 Å². The molecule has 1 saturated heterocycles. The Morgan fingerprint density at radius 1 is 1.16 bits per heavy atom. The molecule has 3 heterocycles. The highest BCUT2D eigenvalue weighted by atomic mass is 32.2. The summed E-state index contributed by atoms with van der Waals surface area (Å²) in [7, 11) is 0. The fraction of sp³-hybridized carbons (Fsp3) is 0.458. The van der Waals surface area contributed by atoms with Crippen LogP contribution in [0.4, 0.5) is 0 Å². The van der Waals surface area contributed by atoms with E-state index in [2.05, 4.69) is 51.6 Å². The van der Waals surface area contributed by atoms with Crippen LogP contribution in [0, 0.1) is 5.92 Å². The van der Waals surface area contributed by atoms with Crippen molar-refractivity contribution < 1.29 is 9.21 Å². The van der Waals surface area contributed by atoms with Crippen LogP contribution in [0.25, 0.3) is 11.6 Å². The van der Waals surface area contributed by atoms with Crippen LogP contribution in [0.3, 0.4) is 0 Å². The van der Waals surface area contributed by atoms with Crippen LogP contribution in [-0.4, -0.2) is 44.4 Å². The summed E-state index contributed by atoms with van der Waals surface area (Å²) < 4.78 is 7.39. The number of rotatable bonds is 9. The molecule has 0 spiro atoms. The molecule has 1 N–H and O–H groups in total. The third-order valence-corrected chi connectivity index (χ3v) is 6.87. The van der Waals surface area contributed by atoms with Gasteiger partial charge in [-0.3, -0.25) is 14.3 Å². The molecule has 0 bridgehead atoms. The van der Waals surface area contributed by atoms with Crippen LogP contribution in [-0.2, 0) is 24.4 Å². The van der Waals surface area contributed by atoms with Gasteiger partial charge in [0.2, 0.25) is 5.91 Å². The minimum Gasteiger partial charge on any atom is -0.461 e. The maximum atomic E-state index is 12.4. The highest BCUT2D eigenvalue weighted by molar-refractivity contribution is 7.99. The molecule has 170 valence electrons. The van der Waals surface area contributed by atoms with Crippen LogP contribution in [0.1, 0.15) is 37.8 Å². The first-order valence-corrected chi connectivity index (χ1v) is 12.3. The molecule has 8 heteroatoms. The number of amides is 1. The molecule has 1 aliphatic heterocycles. The fourth-order valence-corrected chi connectivity index (χ4v) is 4.72. The molecule has 4 rings (SSSR count). The summed E-state index contributed by atoms with van der Waals surface area (Å²) in [6, 6.07) is 12.3. The van der Waals surface area contributed by atoms with Crippen molar-refractivity contribution in [2.45, 2.75) is 51.5 Å². The summed E-state index contributed by atoms with van der Waals surface area (Å²) in [5, 5.41) is 12.2. The highest BCUT2D eigenvalue weighted by Crippen LogP contribution is 2.24. The molecule has 0 unspecified atom stereocenters. The molecule has 0 aliphatic carbocycles. The van der Waals surface area contributed by atoms with Gasteiger partial charge >= 0.3 is 0 Å². The second-order valence-electron chi connectivity index (χ2n) is 8.37. The summed E-state index contributed by atoms with van der Waals surface area (Å²) >= 11 is 1.39. The number of carbonyl (C=O) groups is 1. The third kappa shape index (κ3) is 5.81. The zero-order valence-corrected chi connectivity index (χ0v) is 19.6. The number of aromatic nitrogens is 3. The first-order chi connectivity index (χ1) is 15.6. The van der Waals surface area contributed by atoms with E-state index in [0.29, 0.717) is 35.6 Å². The molecule has 0 saturated carbocycles. The van der Waals surface area contributed by atoms with E-state index in [-0.39, 0.29) is 5.91 Å². The molecule has 1 aliphatic rings. The zero-order chi connectivity index (χ0) is 22.3. The monoisotopic (exact) mass is 453 g/mol. The quantitative estimate of drug-likeness (QED) is 0.490. The summed E-state index contributed by atoms with van der Waals surface area (Å²) in [4.78, 5) is 14.9. The van der Waals surface area contributed by atoms with E-state index in [1.54, 1.807) is 6.26 Å². The molecule has 0 atom stereocenters. The predicted octanol–water partition coefficient (Wildman–Crippen LogP) is 4.20. The van der Waals surface area contributed by atoms with E-state index < -0.39 is 0 Å². The van der Waals surface area contributed by atoms with Crippen LogP contribution in [0.15, 0.2) is 52.2 Å². The van der Waals surface area contributed by atoms with Crippen molar-refractivity contribution >= 4 is 17.7 Å². The molecule has 32 heavy (non-hydrogen) atoms. The second kappa shape index (κ2) is 10.8. The molecule has 1 amide bonds. The Morgan fingerprint density at radius 3 is 2.59 bits per heavy atom. The van der Waals surface area contributed by atoms with Gasteiger partial charge in [-0.2, -0.15) is 0 Å². The average molecular weight is 454 g/mol. The van der Waals surface area contributed by atoms with Gasteiger partial charge in [-0.15, -0.1) is 10.2 Å². The summed E-state index contributed by atoms with van der Waals surface area (Å²) in [6.45, 7) is 8.97. The largest absolute Gasteiger partial charge is 0.461 e. The number of nitrogens with zero attached hydrogens (tertiary/aromatic N) is 4. The Hall–Kier alpha value is -2.58. The van der Waals surface area contributed by atoms with Crippen molar-refractivity contribution in [1.82, 2.24) is 25.0 Å². The fourth-order valence-electron chi connectivity index (χ4n) is 3.89. The Labute approximate surface area is 193 Å². The molecule has 1 aromatic carbocycles. The number of carbonyl (C=O) groups excluding carboxylic acids is 1. The first-order valence-electron chi connectivity index (χ1n) is 11.3. The lowest BCUT2D eigenvalue weighted by atomic mass is 9.99. The Bertz CT molecular complexity index is 992. The zero-order valence-electron chi connectivity index (χ0n) is 18.8. The first kappa shape index (κ1) is 22.6. The summed E-state index contributed by atoms with van der Waals surface area (Å²) in [5.74, 6) is 2.48. The number of likely N-dealkylation sites (tertiary alicyclic amines) is 1. The van der Waals surface area contributed by atoms with Gasteiger partial charge in [0.15, 0.2) is 16.7 Å². The lowest BCUT2D eigenvalue weighted by molar-refractivity contribution is -0.118. The number of hydrogen-bond acceptors (Lipinski definition) is 6. The van der Waals surface area contributed by atoms with E-state index in [9.17, 15) is 4.79 Å². The third-order valence-electron chi connectivity index (χ3n) is 5.90. The van der Waals surface area contributed by atoms with Crippen LogP contribution >= 0.6 is 11.8 Å².